The molecule has 1 atom stereocenters. The van der Waals surface area contributed by atoms with Gasteiger partial charge in [-0.1, -0.05) is 0 Å². The molecule has 0 saturated carbocycles. The van der Waals surface area contributed by atoms with E-state index in [1.165, 1.54) is 0 Å². The lowest BCUT2D eigenvalue weighted by Gasteiger charge is -2.13. The molecular formula is C10H16N2O2. The Morgan fingerprint density at radius 1 is 1.57 bits per heavy atom. The van der Waals surface area contributed by atoms with Crippen molar-refractivity contribution in [3.63, 3.8) is 0 Å². The van der Waals surface area contributed by atoms with Gasteiger partial charge in [-0.25, -0.2) is 0 Å². The third kappa shape index (κ3) is 2.43. The topological polar surface area (TPSA) is 54.4 Å². The molecule has 4 heteroatoms. The highest BCUT2D eigenvalue weighted by molar-refractivity contribution is 5.30. The molecule has 0 bridgehead atoms. The van der Waals surface area contributed by atoms with Crippen molar-refractivity contribution in [1.82, 2.24) is 10.3 Å². The van der Waals surface area contributed by atoms with E-state index in [0.717, 1.165) is 5.69 Å². The molecule has 1 unspecified atom stereocenters. The van der Waals surface area contributed by atoms with Crippen LogP contribution in [0.1, 0.15) is 17.5 Å². The van der Waals surface area contributed by atoms with Gasteiger partial charge in [0.15, 0.2) is 0 Å². The summed E-state index contributed by atoms with van der Waals surface area (Å²) < 4.78 is 5.12. The van der Waals surface area contributed by atoms with E-state index in [2.05, 4.69) is 10.3 Å². The number of aliphatic hydroxyl groups is 1. The van der Waals surface area contributed by atoms with E-state index in [0.29, 0.717) is 18.0 Å². The van der Waals surface area contributed by atoms with Crippen molar-refractivity contribution < 1.29 is 9.84 Å². The van der Waals surface area contributed by atoms with Gasteiger partial charge in [0, 0.05) is 12.2 Å². The van der Waals surface area contributed by atoms with Gasteiger partial charge in [0.25, 0.3) is 0 Å². The summed E-state index contributed by atoms with van der Waals surface area (Å²) in [4.78, 5) is 4.25. The molecule has 0 fully saturated rings. The Hall–Kier alpha value is -1.13. The molecule has 78 valence electrons. The van der Waals surface area contributed by atoms with Crippen LogP contribution in [0.25, 0.3) is 0 Å². The largest absolute Gasteiger partial charge is 0.495 e. The van der Waals surface area contributed by atoms with Crippen molar-refractivity contribution >= 4 is 0 Å². The first kappa shape index (κ1) is 10.9. The normalized spacial score (nSPS) is 12.6. The molecular weight excluding hydrogens is 180 g/mol. The van der Waals surface area contributed by atoms with Crippen molar-refractivity contribution in [3.05, 3.63) is 23.5 Å². The van der Waals surface area contributed by atoms with Gasteiger partial charge in [0.1, 0.15) is 17.5 Å². The van der Waals surface area contributed by atoms with Gasteiger partial charge in [-0.3, -0.25) is 4.98 Å². The highest BCUT2D eigenvalue weighted by Crippen LogP contribution is 2.22. The summed E-state index contributed by atoms with van der Waals surface area (Å²) in [6.07, 6.45) is -0.630. The summed E-state index contributed by atoms with van der Waals surface area (Å²) in [5.74, 6) is 0.623. The Morgan fingerprint density at radius 3 is 2.86 bits per heavy atom. The van der Waals surface area contributed by atoms with E-state index in [1.54, 1.807) is 14.2 Å². The molecule has 14 heavy (non-hydrogen) atoms. The van der Waals surface area contributed by atoms with Crippen LogP contribution >= 0.6 is 0 Å². The van der Waals surface area contributed by atoms with Gasteiger partial charge in [-0.15, -0.1) is 0 Å². The van der Waals surface area contributed by atoms with Crippen molar-refractivity contribution in [3.8, 4) is 5.75 Å². The van der Waals surface area contributed by atoms with E-state index < -0.39 is 6.10 Å². The molecule has 0 spiro atoms. The number of likely N-dealkylation sites (N-methyl/N-ethyl adjacent to an activating group) is 1. The van der Waals surface area contributed by atoms with Crippen LogP contribution in [0.15, 0.2) is 12.1 Å². The zero-order valence-electron chi connectivity index (χ0n) is 8.74. The fourth-order valence-electron chi connectivity index (χ4n) is 1.27. The summed E-state index contributed by atoms with van der Waals surface area (Å²) in [5.41, 5.74) is 1.46. The summed E-state index contributed by atoms with van der Waals surface area (Å²) in [7, 11) is 3.35. The van der Waals surface area contributed by atoms with E-state index >= 15 is 0 Å². The monoisotopic (exact) mass is 196 g/mol. The molecule has 1 rings (SSSR count). The minimum Gasteiger partial charge on any atom is -0.495 e. The quantitative estimate of drug-likeness (QED) is 0.742. The van der Waals surface area contributed by atoms with Crippen LogP contribution in [-0.2, 0) is 0 Å². The van der Waals surface area contributed by atoms with Gasteiger partial charge in [-0.2, -0.15) is 0 Å². The van der Waals surface area contributed by atoms with E-state index in [4.69, 9.17) is 4.74 Å². The SMILES string of the molecule is CNCC(O)c1nc(C)ccc1OC. The molecule has 4 nitrogen and oxygen atoms in total. The number of aromatic nitrogens is 1. The van der Waals surface area contributed by atoms with Crippen molar-refractivity contribution in [1.29, 1.82) is 0 Å². The second-order valence-electron chi connectivity index (χ2n) is 3.11. The lowest BCUT2D eigenvalue weighted by Crippen LogP contribution is -2.18. The molecule has 0 amide bonds. The summed E-state index contributed by atoms with van der Waals surface area (Å²) >= 11 is 0. The Morgan fingerprint density at radius 2 is 2.29 bits per heavy atom. The number of pyridine rings is 1. The first-order chi connectivity index (χ1) is 6.69. The number of ether oxygens (including phenoxy) is 1. The predicted octanol–water partition coefficient (Wildman–Crippen LogP) is 0.651. The standard InChI is InChI=1S/C10H16N2O2/c1-7-4-5-9(14-3)10(12-7)8(13)6-11-2/h4-5,8,11,13H,6H2,1-3H3. The third-order valence-corrected chi connectivity index (χ3v) is 1.96. The number of methoxy groups -OCH3 is 1. The number of nitrogens with one attached hydrogen (secondary N) is 1. The molecule has 0 radical (unpaired) electrons. The molecule has 0 aromatic carbocycles. The van der Waals surface area contributed by atoms with Gasteiger partial charge >= 0.3 is 0 Å². The minimum absolute atomic E-state index is 0.465. The number of hydrogen-bond donors (Lipinski definition) is 2. The van der Waals surface area contributed by atoms with Gasteiger partial charge < -0.3 is 15.2 Å². The summed E-state index contributed by atoms with van der Waals surface area (Å²) in [6.45, 7) is 2.35. The number of aliphatic hydroxyl groups excluding tert-OH is 1. The van der Waals surface area contributed by atoms with Gasteiger partial charge in [-0.05, 0) is 26.1 Å². The van der Waals surface area contributed by atoms with E-state index in [9.17, 15) is 5.11 Å². The lowest BCUT2D eigenvalue weighted by atomic mass is 10.2. The van der Waals surface area contributed by atoms with E-state index in [-0.39, 0.29) is 0 Å². The number of rotatable bonds is 4. The van der Waals surface area contributed by atoms with Crippen LogP contribution in [0, 0.1) is 6.92 Å². The second kappa shape index (κ2) is 4.93. The lowest BCUT2D eigenvalue weighted by molar-refractivity contribution is 0.168. The Labute approximate surface area is 83.9 Å². The summed E-state index contributed by atoms with van der Waals surface area (Å²) in [6, 6.07) is 3.67. The van der Waals surface area contributed by atoms with Crippen LogP contribution in [0.4, 0.5) is 0 Å². The zero-order chi connectivity index (χ0) is 10.6. The Balaban J connectivity index is 2.97. The van der Waals surface area contributed by atoms with Gasteiger partial charge in [0.2, 0.25) is 0 Å². The number of aryl methyl sites for hydroxylation is 1. The van der Waals surface area contributed by atoms with Crippen LogP contribution in [0.3, 0.4) is 0 Å². The number of hydrogen-bond acceptors (Lipinski definition) is 4. The number of nitrogens with zero attached hydrogens (tertiary/aromatic N) is 1. The first-order valence-corrected chi connectivity index (χ1v) is 4.53. The first-order valence-electron chi connectivity index (χ1n) is 4.53. The van der Waals surface area contributed by atoms with Crippen LogP contribution in [0.2, 0.25) is 0 Å². The summed E-state index contributed by atoms with van der Waals surface area (Å²) in [5, 5.41) is 12.6. The molecule has 2 N–H and O–H groups in total. The molecule has 0 aliphatic rings. The average Bonchev–Trinajstić information content (AvgIpc) is 2.18. The molecule has 1 aromatic heterocycles. The molecule has 1 aromatic rings. The highest BCUT2D eigenvalue weighted by atomic mass is 16.5. The van der Waals surface area contributed by atoms with Crippen LogP contribution in [-0.4, -0.2) is 30.8 Å². The fourth-order valence-corrected chi connectivity index (χ4v) is 1.27. The Kier molecular flexibility index (Phi) is 3.85. The maximum absolute atomic E-state index is 9.75. The zero-order valence-corrected chi connectivity index (χ0v) is 8.74. The third-order valence-electron chi connectivity index (χ3n) is 1.96. The maximum atomic E-state index is 9.75. The fraction of sp³-hybridized carbons (Fsp3) is 0.500. The molecule has 0 aliphatic carbocycles. The molecule has 1 heterocycles. The van der Waals surface area contributed by atoms with E-state index in [1.807, 2.05) is 19.1 Å². The highest BCUT2D eigenvalue weighted by Gasteiger charge is 2.13. The van der Waals surface area contributed by atoms with Crippen LogP contribution in [0.5, 0.6) is 5.75 Å². The van der Waals surface area contributed by atoms with Crippen LogP contribution < -0.4 is 10.1 Å². The van der Waals surface area contributed by atoms with Crippen molar-refractivity contribution in [2.45, 2.75) is 13.0 Å². The smallest absolute Gasteiger partial charge is 0.143 e. The van der Waals surface area contributed by atoms with Crippen molar-refractivity contribution in [2.75, 3.05) is 20.7 Å². The van der Waals surface area contributed by atoms with Gasteiger partial charge in [0.05, 0.1) is 7.11 Å². The van der Waals surface area contributed by atoms with Crippen molar-refractivity contribution in [2.24, 2.45) is 0 Å². The minimum atomic E-state index is -0.630. The Bertz CT molecular complexity index is 302. The average molecular weight is 196 g/mol. The predicted molar refractivity (Wildman–Crippen MR) is 54.4 cm³/mol. The second-order valence-corrected chi connectivity index (χ2v) is 3.11. The maximum Gasteiger partial charge on any atom is 0.143 e. The molecule has 0 aliphatic heterocycles. The molecule has 0 saturated heterocycles.